The molecule has 0 saturated heterocycles. The van der Waals surface area contributed by atoms with E-state index in [1.165, 1.54) is 38.5 Å². The van der Waals surface area contributed by atoms with Gasteiger partial charge in [0.1, 0.15) is 0 Å². The van der Waals surface area contributed by atoms with E-state index >= 15 is 0 Å². The molecule has 18 heavy (non-hydrogen) atoms. The molecule has 102 valence electrons. The summed E-state index contributed by atoms with van der Waals surface area (Å²) in [7, 11) is 0. The molecule has 1 aromatic rings. The Morgan fingerprint density at radius 1 is 0.500 bits per heavy atom. The normalized spacial score (nSPS) is 15.0. The summed E-state index contributed by atoms with van der Waals surface area (Å²) >= 11 is 0. The minimum atomic E-state index is 1.34. The molecule has 0 nitrogen and oxygen atoms in total. The number of rotatable bonds is 0. The average molecular weight is 246 g/mol. The zero-order chi connectivity index (χ0) is 13.7. The minimum absolute atomic E-state index is 1.34. The summed E-state index contributed by atoms with van der Waals surface area (Å²) in [6.45, 7) is 12.7. The van der Waals surface area contributed by atoms with E-state index in [1.54, 1.807) is 33.4 Å². The lowest BCUT2D eigenvalue weighted by atomic mass is 9.90. The Balaban J connectivity index is 0.000000371. The molecular weight excluding hydrogens is 216 g/mol. The Bertz CT molecular complexity index is 327. The summed E-state index contributed by atoms with van der Waals surface area (Å²) in [6, 6.07) is 0. The van der Waals surface area contributed by atoms with Crippen molar-refractivity contribution in [3.63, 3.8) is 0 Å². The van der Waals surface area contributed by atoms with E-state index < -0.39 is 0 Å². The van der Waals surface area contributed by atoms with Gasteiger partial charge in [-0.1, -0.05) is 27.7 Å². The molecule has 1 aromatic carbocycles. The fourth-order valence-electron chi connectivity index (χ4n) is 3.51. The first-order valence-corrected chi connectivity index (χ1v) is 7.91. The van der Waals surface area contributed by atoms with Gasteiger partial charge >= 0.3 is 0 Å². The maximum Gasteiger partial charge on any atom is -0.0270 e. The first-order valence-electron chi connectivity index (χ1n) is 7.91. The molecule has 0 unspecified atom stereocenters. The predicted octanol–water partition coefficient (Wildman–Crippen LogP) is 5.33. The lowest BCUT2D eigenvalue weighted by molar-refractivity contribution is 0.889. The number of hydrogen-bond acceptors (Lipinski definition) is 0. The molecule has 2 aliphatic rings. The molecule has 0 bridgehead atoms. The number of benzene rings is 1. The summed E-state index contributed by atoms with van der Waals surface area (Å²) in [5, 5.41) is 0. The van der Waals surface area contributed by atoms with Gasteiger partial charge in [-0.3, -0.25) is 0 Å². The maximum absolute atomic E-state index is 2.35. The Morgan fingerprint density at radius 3 is 0.944 bits per heavy atom. The van der Waals surface area contributed by atoms with Crippen LogP contribution in [0.25, 0.3) is 0 Å². The van der Waals surface area contributed by atoms with Crippen molar-refractivity contribution in [1.29, 1.82) is 0 Å². The van der Waals surface area contributed by atoms with Crippen LogP contribution in [0.2, 0.25) is 0 Å². The van der Waals surface area contributed by atoms with Crippen LogP contribution in [0.1, 0.15) is 73.9 Å². The van der Waals surface area contributed by atoms with E-state index in [-0.39, 0.29) is 0 Å². The zero-order valence-electron chi connectivity index (χ0n) is 13.2. The minimum Gasteiger partial charge on any atom is -0.0683 e. The molecule has 0 heterocycles. The lowest BCUT2D eigenvalue weighted by Crippen LogP contribution is -2.00. The van der Waals surface area contributed by atoms with E-state index in [0.29, 0.717) is 0 Å². The Hall–Kier alpha value is -0.780. The van der Waals surface area contributed by atoms with Crippen molar-refractivity contribution < 1.29 is 0 Å². The van der Waals surface area contributed by atoms with Crippen LogP contribution in [-0.2, 0) is 25.7 Å². The van der Waals surface area contributed by atoms with E-state index in [4.69, 9.17) is 0 Å². The maximum atomic E-state index is 2.35. The second kappa shape index (κ2) is 6.97. The summed E-state index contributed by atoms with van der Waals surface area (Å²) in [5.74, 6) is 0. The molecule has 2 aliphatic carbocycles. The zero-order valence-corrected chi connectivity index (χ0v) is 13.2. The second-order valence-corrected chi connectivity index (χ2v) is 4.87. The van der Waals surface area contributed by atoms with Gasteiger partial charge in [0.25, 0.3) is 0 Å². The molecule has 0 aliphatic heterocycles. The fourth-order valence-corrected chi connectivity index (χ4v) is 3.51. The first-order chi connectivity index (χ1) is 8.79. The van der Waals surface area contributed by atoms with Crippen molar-refractivity contribution in [2.45, 2.75) is 80.1 Å². The van der Waals surface area contributed by atoms with Crippen LogP contribution in [0.5, 0.6) is 0 Å². The van der Waals surface area contributed by atoms with Crippen LogP contribution in [0, 0.1) is 13.8 Å². The molecule has 0 N–H and O–H groups in total. The molecule has 0 atom stereocenters. The molecule has 0 spiro atoms. The van der Waals surface area contributed by atoms with Crippen LogP contribution >= 0.6 is 0 Å². The van der Waals surface area contributed by atoms with E-state index in [9.17, 15) is 0 Å². The Kier molecular flexibility index (Phi) is 5.91. The van der Waals surface area contributed by atoms with Crippen molar-refractivity contribution in [2.24, 2.45) is 0 Å². The fraction of sp³-hybridized carbons (Fsp3) is 0.667. The van der Waals surface area contributed by atoms with Crippen LogP contribution in [0.3, 0.4) is 0 Å². The van der Waals surface area contributed by atoms with Gasteiger partial charge in [-0.05, 0) is 85.8 Å². The lowest BCUT2D eigenvalue weighted by Gasteiger charge is -2.15. The van der Waals surface area contributed by atoms with Crippen LogP contribution in [0.4, 0.5) is 0 Å². The smallest absolute Gasteiger partial charge is 0.0270 e. The third-order valence-electron chi connectivity index (χ3n) is 4.25. The van der Waals surface area contributed by atoms with Gasteiger partial charge in [0.2, 0.25) is 0 Å². The Morgan fingerprint density at radius 2 is 0.722 bits per heavy atom. The summed E-state index contributed by atoms with van der Waals surface area (Å²) in [4.78, 5) is 0. The molecule has 0 saturated carbocycles. The topological polar surface area (TPSA) is 0 Å². The van der Waals surface area contributed by atoms with E-state index in [2.05, 4.69) is 13.8 Å². The second-order valence-electron chi connectivity index (χ2n) is 4.87. The molecule has 3 rings (SSSR count). The summed E-state index contributed by atoms with van der Waals surface area (Å²) < 4.78 is 0. The van der Waals surface area contributed by atoms with Crippen molar-refractivity contribution in [3.05, 3.63) is 33.4 Å². The monoisotopic (exact) mass is 246 g/mol. The van der Waals surface area contributed by atoms with Gasteiger partial charge in [0.05, 0.1) is 0 Å². The van der Waals surface area contributed by atoms with Gasteiger partial charge in [-0.25, -0.2) is 0 Å². The SMILES string of the molecule is CC.CC.Cc1c2c(c(C)c3c1CCC3)CCC2. The van der Waals surface area contributed by atoms with Gasteiger partial charge in [0.15, 0.2) is 0 Å². The molecular formula is C18H30. The standard InChI is InChI=1S/C14H18.2C2H6/c1-9-11-5-3-7-13(11)10(2)14-8-4-6-12(9)14;2*1-2/h3-8H2,1-2H3;2*1-2H3. The Labute approximate surface area is 114 Å². The highest BCUT2D eigenvalue weighted by Crippen LogP contribution is 2.37. The highest BCUT2D eigenvalue weighted by atomic mass is 14.3. The van der Waals surface area contributed by atoms with Crippen LogP contribution in [0.15, 0.2) is 0 Å². The van der Waals surface area contributed by atoms with Gasteiger partial charge in [0, 0.05) is 0 Å². The summed E-state index contributed by atoms with van der Waals surface area (Å²) in [5.41, 5.74) is 10.1. The average Bonchev–Trinajstić information content (AvgIpc) is 3.10. The molecule has 0 fully saturated rings. The molecule has 0 aromatic heterocycles. The number of fused-ring (bicyclic) bond motifs is 2. The molecule has 0 radical (unpaired) electrons. The van der Waals surface area contributed by atoms with Gasteiger partial charge < -0.3 is 0 Å². The van der Waals surface area contributed by atoms with Crippen molar-refractivity contribution in [1.82, 2.24) is 0 Å². The van der Waals surface area contributed by atoms with Crippen molar-refractivity contribution in [3.8, 4) is 0 Å². The first kappa shape index (κ1) is 15.3. The third-order valence-corrected chi connectivity index (χ3v) is 4.25. The predicted molar refractivity (Wildman–Crippen MR) is 82.7 cm³/mol. The van der Waals surface area contributed by atoms with Crippen molar-refractivity contribution >= 4 is 0 Å². The van der Waals surface area contributed by atoms with Crippen molar-refractivity contribution in [2.75, 3.05) is 0 Å². The van der Waals surface area contributed by atoms with E-state index in [0.717, 1.165) is 0 Å². The molecule has 0 amide bonds. The van der Waals surface area contributed by atoms with Crippen LogP contribution < -0.4 is 0 Å². The van der Waals surface area contributed by atoms with Gasteiger partial charge in [-0.2, -0.15) is 0 Å². The molecule has 0 heteroatoms. The van der Waals surface area contributed by atoms with Gasteiger partial charge in [-0.15, -0.1) is 0 Å². The van der Waals surface area contributed by atoms with Crippen LogP contribution in [-0.4, -0.2) is 0 Å². The highest BCUT2D eigenvalue weighted by Gasteiger charge is 2.24. The largest absolute Gasteiger partial charge is 0.0683 e. The number of hydrogen-bond donors (Lipinski definition) is 0. The van der Waals surface area contributed by atoms with E-state index in [1.807, 2.05) is 27.7 Å². The third kappa shape index (κ3) is 2.48. The quantitative estimate of drug-likeness (QED) is 0.580. The summed E-state index contributed by atoms with van der Waals surface area (Å²) in [6.07, 6.45) is 8.15. The highest BCUT2D eigenvalue weighted by molar-refractivity contribution is 5.54.